The van der Waals surface area contributed by atoms with Crippen molar-refractivity contribution in [2.75, 3.05) is 30.8 Å². The molecule has 1 unspecified atom stereocenters. The van der Waals surface area contributed by atoms with E-state index in [0.29, 0.717) is 12.2 Å². The van der Waals surface area contributed by atoms with E-state index in [1.165, 1.54) is 6.07 Å². The summed E-state index contributed by atoms with van der Waals surface area (Å²) in [6.07, 6.45) is 3.53. The van der Waals surface area contributed by atoms with E-state index >= 15 is 0 Å². The number of rotatable bonds is 5. The van der Waals surface area contributed by atoms with Crippen LogP contribution < -0.4 is 10.6 Å². The van der Waals surface area contributed by atoms with Gasteiger partial charge in [0.25, 0.3) is 0 Å². The number of amides is 3. The Morgan fingerprint density at radius 3 is 2.77 bits per heavy atom. The molecule has 0 spiro atoms. The Morgan fingerprint density at radius 1 is 1.27 bits per heavy atom. The number of urea groups is 1. The third-order valence-electron chi connectivity index (χ3n) is 5.38. The summed E-state index contributed by atoms with van der Waals surface area (Å²) in [5.41, 5.74) is 2.40. The van der Waals surface area contributed by atoms with Crippen molar-refractivity contribution < 1.29 is 14.0 Å². The molecular weight excluding hydrogens is 385 g/mol. The van der Waals surface area contributed by atoms with Crippen LogP contribution in [0.5, 0.6) is 0 Å². The van der Waals surface area contributed by atoms with Gasteiger partial charge in [0.15, 0.2) is 0 Å². The molecule has 2 heterocycles. The van der Waals surface area contributed by atoms with Crippen LogP contribution in [0.1, 0.15) is 31.0 Å². The number of hydrogen-bond donors (Lipinski definition) is 2. The number of piperidine rings is 1. The monoisotopic (exact) mass is 413 g/mol. The highest BCUT2D eigenvalue weighted by atomic mass is 19.1. The highest BCUT2D eigenvalue weighted by molar-refractivity contribution is 5.99. The molecule has 1 atom stereocenters. The highest BCUT2D eigenvalue weighted by Crippen LogP contribution is 2.21. The number of aryl methyl sites for hydroxylation is 1. The average molecular weight is 413 g/mol. The molecule has 2 N–H and O–H groups in total. The van der Waals surface area contributed by atoms with Crippen molar-refractivity contribution in [2.45, 2.75) is 39.3 Å². The van der Waals surface area contributed by atoms with Gasteiger partial charge in [0.2, 0.25) is 5.91 Å². The molecule has 1 aromatic heterocycles. The molecule has 3 rings (SSSR count). The summed E-state index contributed by atoms with van der Waals surface area (Å²) in [7, 11) is 1.83. The van der Waals surface area contributed by atoms with E-state index in [2.05, 4.69) is 20.5 Å². The first-order chi connectivity index (χ1) is 14.3. The molecule has 2 aromatic rings. The summed E-state index contributed by atoms with van der Waals surface area (Å²) in [6, 6.07) is 7.91. The maximum absolute atomic E-state index is 14.2. The van der Waals surface area contributed by atoms with Crippen LogP contribution in [-0.2, 0) is 11.3 Å². The second-order valence-electron chi connectivity index (χ2n) is 7.74. The molecule has 0 aliphatic carbocycles. The zero-order valence-electron chi connectivity index (χ0n) is 17.6. The number of carbonyl (C=O) groups is 2. The first-order valence-electron chi connectivity index (χ1n) is 10.1. The number of benzene rings is 1. The molecule has 1 saturated heterocycles. The molecule has 0 radical (unpaired) electrons. The fourth-order valence-electron chi connectivity index (χ4n) is 3.60. The highest BCUT2D eigenvalue weighted by Gasteiger charge is 2.24. The van der Waals surface area contributed by atoms with E-state index in [-0.39, 0.29) is 17.6 Å². The molecule has 1 aromatic carbocycles. The van der Waals surface area contributed by atoms with Crippen molar-refractivity contribution in [3.05, 3.63) is 53.6 Å². The van der Waals surface area contributed by atoms with Crippen LogP contribution in [-0.4, -0.2) is 52.9 Å². The lowest BCUT2D eigenvalue weighted by molar-refractivity contribution is -0.130. The molecule has 1 aliphatic heterocycles. The number of anilines is 2. The van der Waals surface area contributed by atoms with E-state index in [1.807, 2.05) is 14.0 Å². The van der Waals surface area contributed by atoms with Crippen molar-refractivity contribution in [3.63, 3.8) is 0 Å². The number of nitrogens with zero attached hydrogens (tertiary/aromatic N) is 3. The molecule has 7 nitrogen and oxygen atoms in total. The maximum atomic E-state index is 14.2. The van der Waals surface area contributed by atoms with Crippen LogP contribution in [0.3, 0.4) is 0 Å². The number of hydrogen-bond acceptors (Lipinski definition) is 4. The lowest BCUT2D eigenvalue weighted by Gasteiger charge is -2.37. The standard InChI is InChI=1S/C22H28FN5O2/c1-15-6-8-18(12-24-15)25-22(30)26-21-11-17(7-9-20(21)23)13-28-10-4-5-19(14-28)27(3)16(2)29/h6-9,11-12,19H,4-5,10,13-14H2,1-3H3,(H2,25,26,30). The van der Waals surface area contributed by atoms with Crippen LogP contribution in [0.25, 0.3) is 0 Å². The van der Waals surface area contributed by atoms with Gasteiger partial charge in [-0.05, 0) is 56.1 Å². The summed E-state index contributed by atoms with van der Waals surface area (Å²) < 4.78 is 14.2. The Hall–Kier alpha value is -3.00. The van der Waals surface area contributed by atoms with Gasteiger partial charge >= 0.3 is 6.03 Å². The minimum atomic E-state index is -0.530. The van der Waals surface area contributed by atoms with E-state index < -0.39 is 11.8 Å². The van der Waals surface area contributed by atoms with Gasteiger partial charge in [-0.1, -0.05) is 6.07 Å². The third kappa shape index (κ3) is 5.76. The van der Waals surface area contributed by atoms with Crippen molar-refractivity contribution in [1.82, 2.24) is 14.8 Å². The van der Waals surface area contributed by atoms with Crippen LogP contribution in [0, 0.1) is 12.7 Å². The Kier molecular flexibility index (Phi) is 6.99. The van der Waals surface area contributed by atoms with Gasteiger partial charge in [-0.15, -0.1) is 0 Å². The van der Waals surface area contributed by atoms with Crippen LogP contribution in [0.2, 0.25) is 0 Å². The topological polar surface area (TPSA) is 77.6 Å². The van der Waals surface area contributed by atoms with Gasteiger partial charge in [-0.3, -0.25) is 14.7 Å². The smallest absolute Gasteiger partial charge is 0.323 e. The molecule has 1 fully saturated rings. The minimum absolute atomic E-state index is 0.0601. The summed E-state index contributed by atoms with van der Waals surface area (Å²) in [4.78, 5) is 32.1. The second kappa shape index (κ2) is 9.67. The second-order valence-corrected chi connectivity index (χ2v) is 7.74. The summed E-state index contributed by atoms with van der Waals surface area (Å²) in [5.74, 6) is -0.436. The molecule has 30 heavy (non-hydrogen) atoms. The lowest BCUT2D eigenvalue weighted by atomic mass is 10.0. The fraction of sp³-hybridized carbons (Fsp3) is 0.409. The first kappa shape index (κ1) is 21.7. The molecule has 160 valence electrons. The van der Waals surface area contributed by atoms with Crippen LogP contribution >= 0.6 is 0 Å². The van der Waals surface area contributed by atoms with Crippen molar-refractivity contribution in [1.29, 1.82) is 0 Å². The number of halogens is 1. The zero-order chi connectivity index (χ0) is 21.7. The molecular formula is C22H28FN5O2. The van der Waals surface area contributed by atoms with E-state index in [9.17, 15) is 14.0 Å². The molecule has 3 amide bonds. The predicted octanol–water partition coefficient (Wildman–Crippen LogP) is 3.62. The average Bonchev–Trinajstić information content (AvgIpc) is 2.72. The number of carbonyl (C=O) groups excluding carboxylic acids is 2. The largest absolute Gasteiger partial charge is 0.342 e. The number of likely N-dealkylation sites (tertiary alicyclic amines) is 1. The number of aromatic nitrogens is 1. The Labute approximate surface area is 176 Å². The zero-order valence-corrected chi connectivity index (χ0v) is 17.6. The lowest BCUT2D eigenvalue weighted by Crippen LogP contribution is -2.47. The fourth-order valence-corrected chi connectivity index (χ4v) is 3.60. The summed E-state index contributed by atoms with van der Waals surface area (Å²) >= 11 is 0. The quantitative estimate of drug-likeness (QED) is 0.785. The Balaban J connectivity index is 1.62. The molecule has 8 heteroatoms. The van der Waals surface area contributed by atoms with Crippen molar-refractivity contribution in [2.24, 2.45) is 0 Å². The third-order valence-corrected chi connectivity index (χ3v) is 5.38. The summed E-state index contributed by atoms with van der Waals surface area (Å²) in [5, 5.41) is 5.22. The minimum Gasteiger partial charge on any atom is -0.342 e. The number of likely N-dealkylation sites (N-methyl/N-ethyl adjacent to an activating group) is 1. The van der Waals surface area contributed by atoms with E-state index in [0.717, 1.165) is 37.2 Å². The van der Waals surface area contributed by atoms with Crippen LogP contribution in [0.15, 0.2) is 36.5 Å². The Morgan fingerprint density at radius 2 is 2.07 bits per heavy atom. The molecule has 0 saturated carbocycles. The molecule has 1 aliphatic rings. The summed E-state index contributed by atoms with van der Waals surface area (Å²) in [6.45, 7) is 5.75. The van der Waals surface area contributed by atoms with E-state index in [4.69, 9.17) is 0 Å². The molecule has 0 bridgehead atoms. The van der Waals surface area contributed by atoms with E-state index in [1.54, 1.807) is 42.3 Å². The van der Waals surface area contributed by atoms with Crippen LogP contribution in [0.4, 0.5) is 20.6 Å². The first-order valence-corrected chi connectivity index (χ1v) is 10.1. The SMILES string of the molecule is CC(=O)N(C)C1CCCN(Cc2ccc(F)c(NC(=O)Nc3ccc(C)nc3)c2)C1. The number of nitrogens with one attached hydrogen (secondary N) is 2. The van der Waals surface area contributed by atoms with Crippen molar-refractivity contribution in [3.8, 4) is 0 Å². The number of pyridine rings is 1. The normalized spacial score (nSPS) is 16.7. The van der Waals surface area contributed by atoms with Gasteiger partial charge in [-0.2, -0.15) is 0 Å². The van der Waals surface area contributed by atoms with Gasteiger partial charge < -0.3 is 15.5 Å². The van der Waals surface area contributed by atoms with Gasteiger partial charge in [0, 0.05) is 38.8 Å². The maximum Gasteiger partial charge on any atom is 0.323 e. The predicted molar refractivity (Wildman–Crippen MR) is 115 cm³/mol. The Bertz CT molecular complexity index is 903. The van der Waals surface area contributed by atoms with Gasteiger partial charge in [0.1, 0.15) is 5.82 Å². The van der Waals surface area contributed by atoms with Gasteiger partial charge in [0.05, 0.1) is 17.6 Å². The van der Waals surface area contributed by atoms with Gasteiger partial charge in [-0.25, -0.2) is 9.18 Å². The van der Waals surface area contributed by atoms with Crippen molar-refractivity contribution >= 4 is 23.3 Å².